The Kier molecular flexibility index (Phi) is 5.72. The number of rotatable bonds is 1. The van der Waals surface area contributed by atoms with E-state index in [1.54, 1.807) is 0 Å². The smallest absolute Gasteiger partial charge is 0.306 e. The van der Waals surface area contributed by atoms with Gasteiger partial charge in [-0.3, -0.25) is 4.98 Å². The van der Waals surface area contributed by atoms with Gasteiger partial charge >= 0.3 is 6.18 Å². The summed E-state index contributed by atoms with van der Waals surface area (Å²) in [6.45, 7) is 4.23. The topological polar surface area (TPSA) is 24.9 Å². The van der Waals surface area contributed by atoms with E-state index in [9.17, 15) is 17.6 Å². The molecule has 1 aromatic rings. The zero-order chi connectivity index (χ0) is 14.5. The fourth-order valence-corrected chi connectivity index (χ4v) is 1.85. The summed E-state index contributed by atoms with van der Waals surface area (Å²) >= 11 is 0. The molecule has 19 heavy (non-hydrogen) atoms. The van der Waals surface area contributed by atoms with Crippen molar-refractivity contribution >= 4 is 0 Å². The van der Waals surface area contributed by atoms with Crippen LogP contribution in [0.1, 0.15) is 44.0 Å². The lowest BCUT2D eigenvalue weighted by molar-refractivity contribution is -0.137. The van der Waals surface area contributed by atoms with Crippen molar-refractivity contribution < 1.29 is 17.6 Å². The summed E-state index contributed by atoms with van der Waals surface area (Å²) in [5.41, 5.74) is -0.231. The molecule has 0 saturated carbocycles. The van der Waals surface area contributed by atoms with Gasteiger partial charge in [-0.05, 0) is 25.0 Å². The lowest BCUT2D eigenvalue weighted by atomic mass is 10.00. The lowest BCUT2D eigenvalue weighted by Gasteiger charge is -2.25. The Morgan fingerprint density at radius 3 is 2.32 bits per heavy atom. The summed E-state index contributed by atoms with van der Waals surface area (Å²) in [6.07, 6.45) is -3.45. The molecule has 2 rings (SSSR count). The third kappa shape index (κ3) is 4.45. The molecule has 1 fully saturated rings. The van der Waals surface area contributed by atoms with Crippen molar-refractivity contribution in [2.45, 2.75) is 45.1 Å². The highest BCUT2D eigenvalue weighted by Crippen LogP contribution is 2.30. The third-order valence-electron chi connectivity index (χ3n) is 2.83. The zero-order valence-electron chi connectivity index (χ0n) is 11.0. The molecule has 1 aliphatic heterocycles. The van der Waals surface area contributed by atoms with Gasteiger partial charge in [-0.25, -0.2) is 4.39 Å². The van der Waals surface area contributed by atoms with Crippen LogP contribution in [0.4, 0.5) is 17.6 Å². The number of hydrogen-bond donors (Lipinski definition) is 1. The monoisotopic (exact) mass is 278 g/mol. The van der Waals surface area contributed by atoms with E-state index in [2.05, 4.69) is 10.3 Å². The Balaban J connectivity index is 0.000000861. The summed E-state index contributed by atoms with van der Waals surface area (Å²) in [5.74, 6) is 0. The maximum Gasteiger partial charge on any atom is 0.417 e. The molecule has 1 saturated heterocycles. The van der Waals surface area contributed by atoms with Crippen molar-refractivity contribution in [1.29, 1.82) is 0 Å². The first-order chi connectivity index (χ1) is 8.97. The van der Waals surface area contributed by atoms with Crippen LogP contribution in [0.5, 0.6) is 0 Å². The number of aromatic nitrogens is 1. The van der Waals surface area contributed by atoms with Crippen molar-refractivity contribution in [3.05, 3.63) is 29.6 Å². The van der Waals surface area contributed by atoms with Crippen molar-refractivity contribution in [3.8, 4) is 0 Å². The van der Waals surface area contributed by atoms with Gasteiger partial charge in [0.15, 0.2) is 0 Å². The first-order valence-corrected chi connectivity index (χ1v) is 6.37. The second-order valence-electron chi connectivity index (χ2n) is 4.10. The molecule has 0 amide bonds. The van der Waals surface area contributed by atoms with Crippen LogP contribution in [-0.4, -0.2) is 17.7 Å². The van der Waals surface area contributed by atoms with Crippen molar-refractivity contribution in [2.24, 2.45) is 0 Å². The maximum absolute atomic E-state index is 12.9. The first-order valence-electron chi connectivity index (χ1n) is 6.37. The van der Waals surface area contributed by atoms with Gasteiger partial charge in [0.1, 0.15) is 6.17 Å². The van der Waals surface area contributed by atoms with Gasteiger partial charge in [-0.1, -0.05) is 13.8 Å². The Morgan fingerprint density at radius 2 is 1.89 bits per heavy atom. The Bertz CT molecular complexity index is 367. The van der Waals surface area contributed by atoms with Gasteiger partial charge in [-0.2, -0.15) is 13.2 Å². The fourth-order valence-electron chi connectivity index (χ4n) is 1.85. The van der Waals surface area contributed by atoms with E-state index >= 15 is 0 Å². The lowest BCUT2D eigenvalue weighted by Crippen LogP contribution is -2.34. The quantitative estimate of drug-likeness (QED) is 0.788. The molecule has 2 unspecified atom stereocenters. The van der Waals surface area contributed by atoms with E-state index in [0.29, 0.717) is 18.5 Å². The molecule has 0 aromatic carbocycles. The average molecular weight is 278 g/mol. The number of alkyl halides is 4. The standard InChI is InChI=1S/C11H12F4N2.C2H6/c12-8-2-4-10(17-6-8)9-3-1-7(5-16-9)11(13,14)15;1-2/h1,3,5,8,10,17H,2,4,6H2;1-2H3. The van der Waals surface area contributed by atoms with Crippen LogP contribution in [0.25, 0.3) is 0 Å². The van der Waals surface area contributed by atoms with Crippen LogP contribution in [-0.2, 0) is 6.18 Å². The Hall–Kier alpha value is -1.17. The number of piperidine rings is 1. The average Bonchev–Trinajstić information content (AvgIpc) is 2.41. The summed E-state index contributed by atoms with van der Waals surface area (Å²) in [5, 5.41) is 2.92. The van der Waals surface area contributed by atoms with E-state index in [0.717, 1.165) is 12.3 Å². The van der Waals surface area contributed by atoms with Gasteiger partial charge in [0, 0.05) is 18.8 Å². The molecule has 108 valence electrons. The largest absolute Gasteiger partial charge is 0.417 e. The zero-order valence-corrected chi connectivity index (χ0v) is 11.0. The molecule has 2 nitrogen and oxygen atoms in total. The Morgan fingerprint density at radius 1 is 1.21 bits per heavy atom. The second kappa shape index (κ2) is 6.84. The van der Waals surface area contributed by atoms with E-state index in [-0.39, 0.29) is 12.6 Å². The summed E-state index contributed by atoms with van der Waals surface area (Å²) in [4.78, 5) is 3.79. The highest BCUT2D eigenvalue weighted by atomic mass is 19.4. The molecule has 2 heterocycles. The summed E-state index contributed by atoms with van der Waals surface area (Å²) < 4.78 is 49.8. The minimum absolute atomic E-state index is 0.149. The molecule has 6 heteroatoms. The van der Waals surface area contributed by atoms with Gasteiger partial charge in [0.25, 0.3) is 0 Å². The van der Waals surface area contributed by atoms with Gasteiger partial charge in [0.2, 0.25) is 0 Å². The predicted molar refractivity (Wildman–Crippen MR) is 65.5 cm³/mol. The highest BCUT2D eigenvalue weighted by Gasteiger charge is 2.31. The fraction of sp³-hybridized carbons (Fsp3) is 0.615. The number of halogens is 4. The maximum atomic E-state index is 12.9. The van der Waals surface area contributed by atoms with Crippen LogP contribution >= 0.6 is 0 Å². The van der Waals surface area contributed by atoms with Gasteiger partial charge in [0.05, 0.1) is 11.3 Å². The number of hydrogen-bond acceptors (Lipinski definition) is 2. The minimum atomic E-state index is -4.37. The third-order valence-corrected chi connectivity index (χ3v) is 2.83. The predicted octanol–water partition coefficient (Wildman–Crippen LogP) is 3.89. The van der Waals surface area contributed by atoms with Crippen LogP contribution in [0.2, 0.25) is 0 Å². The number of nitrogens with zero attached hydrogens (tertiary/aromatic N) is 1. The van der Waals surface area contributed by atoms with Crippen LogP contribution in [0.15, 0.2) is 18.3 Å². The molecule has 1 aromatic heterocycles. The van der Waals surface area contributed by atoms with Crippen molar-refractivity contribution in [2.75, 3.05) is 6.54 Å². The van der Waals surface area contributed by atoms with E-state index < -0.39 is 17.9 Å². The Labute approximate surface area is 110 Å². The molecule has 0 bridgehead atoms. The van der Waals surface area contributed by atoms with E-state index in [1.807, 2.05) is 13.8 Å². The number of nitrogens with one attached hydrogen (secondary N) is 1. The van der Waals surface area contributed by atoms with Crippen LogP contribution in [0.3, 0.4) is 0 Å². The molecule has 1 aliphatic rings. The number of pyridine rings is 1. The SMILES string of the molecule is CC.FC1CCC(c2ccc(C(F)(F)F)cn2)NC1. The second-order valence-corrected chi connectivity index (χ2v) is 4.10. The molecule has 0 spiro atoms. The van der Waals surface area contributed by atoms with Crippen molar-refractivity contribution in [3.63, 3.8) is 0 Å². The first kappa shape index (κ1) is 15.9. The summed E-state index contributed by atoms with van der Waals surface area (Å²) in [6, 6.07) is 2.20. The minimum Gasteiger partial charge on any atom is -0.306 e. The molecule has 0 radical (unpaired) electrons. The van der Waals surface area contributed by atoms with Crippen LogP contribution in [0, 0.1) is 0 Å². The molecular formula is C13H18F4N2. The molecule has 1 N–H and O–H groups in total. The van der Waals surface area contributed by atoms with Crippen LogP contribution < -0.4 is 5.32 Å². The molecular weight excluding hydrogens is 260 g/mol. The summed E-state index contributed by atoms with van der Waals surface area (Å²) in [7, 11) is 0. The van der Waals surface area contributed by atoms with Gasteiger partial charge < -0.3 is 5.32 Å². The van der Waals surface area contributed by atoms with Gasteiger partial charge in [-0.15, -0.1) is 0 Å². The normalized spacial score (nSPS) is 23.5. The highest BCUT2D eigenvalue weighted by molar-refractivity contribution is 5.19. The molecule has 2 atom stereocenters. The molecule has 0 aliphatic carbocycles. The van der Waals surface area contributed by atoms with Crippen molar-refractivity contribution in [1.82, 2.24) is 10.3 Å². The van der Waals surface area contributed by atoms with E-state index in [1.165, 1.54) is 6.07 Å². The van der Waals surface area contributed by atoms with E-state index in [4.69, 9.17) is 0 Å².